The summed E-state index contributed by atoms with van der Waals surface area (Å²) < 4.78 is 0. The van der Waals surface area contributed by atoms with Crippen molar-refractivity contribution in [3.05, 3.63) is 0 Å². The van der Waals surface area contributed by atoms with Gasteiger partial charge in [0.25, 0.3) is 0 Å². The monoisotopic (exact) mass is 141 g/mol. The molecule has 0 bridgehead atoms. The van der Waals surface area contributed by atoms with Gasteiger partial charge in [0.05, 0.1) is 0 Å². The maximum Gasteiger partial charge on any atom is 0.0258 e. The van der Waals surface area contributed by atoms with Crippen molar-refractivity contribution in [1.29, 1.82) is 0 Å². The van der Waals surface area contributed by atoms with E-state index in [0.717, 1.165) is 19.6 Å². The minimum Gasteiger partial charge on any atom is -0.315 e. The highest BCUT2D eigenvalue weighted by atomic mass is 14.9. The van der Waals surface area contributed by atoms with Gasteiger partial charge in [-0.3, -0.25) is 0 Å². The Balaban J connectivity index is 2.00. The van der Waals surface area contributed by atoms with Gasteiger partial charge in [-0.05, 0) is 19.4 Å². The van der Waals surface area contributed by atoms with Crippen LogP contribution in [-0.4, -0.2) is 26.2 Å². The van der Waals surface area contributed by atoms with Gasteiger partial charge in [-0.2, -0.15) is 0 Å². The largest absolute Gasteiger partial charge is 0.315 e. The predicted octanol–water partition coefficient (Wildman–Crippen LogP) is 0.754. The Morgan fingerprint density at radius 1 is 0.800 bits per heavy atom. The Kier molecular flexibility index (Phi) is 4.56. The van der Waals surface area contributed by atoms with Crippen LogP contribution in [0.15, 0.2) is 0 Å². The first-order valence-corrected chi connectivity index (χ1v) is 4.34. The van der Waals surface area contributed by atoms with Crippen LogP contribution in [0.5, 0.6) is 0 Å². The molecule has 1 heterocycles. The molecule has 2 nitrogen and oxygen atoms in total. The zero-order valence-electron chi connectivity index (χ0n) is 6.60. The van der Waals surface area contributed by atoms with Gasteiger partial charge >= 0.3 is 0 Å². The van der Waals surface area contributed by atoms with E-state index in [1.165, 1.54) is 32.2 Å². The van der Waals surface area contributed by atoms with Crippen LogP contribution in [0.3, 0.4) is 0 Å². The lowest BCUT2D eigenvalue weighted by molar-refractivity contribution is 0.518. The molecule has 1 radical (unpaired) electrons. The summed E-state index contributed by atoms with van der Waals surface area (Å²) in [6.45, 7) is 4.37. The molecule has 0 aliphatic carbocycles. The van der Waals surface area contributed by atoms with E-state index >= 15 is 0 Å². The fraction of sp³-hybridized carbons (Fsp3) is 1.00. The molecule has 0 aromatic rings. The van der Waals surface area contributed by atoms with Crippen LogP contribution < -0.4 is 10.6 Å². The van der Waals surface area contributed by atoms with Crippen LogP contribution in [0.1, 0.15) is 25.7 Å². The van der Waals surface area contributed by atoms with E-state index in [9.17, 15) is 0 Å². The molecule has 0 saturated carbocycles. The summed E-state index contributed by atoms with van der Waals surface area (Å²) >= 11 is 0. The van der Waals surface area contributed by atoms with Gasteiger partial charge in [0.15, 0.2) is 0 Å². The maximum absolute atomic E-state index is 4.37. The van der Waals surface area contributed by atoms with Crippen molar-refractivity contribution in [2.24, 2.45) is 0 Å². The van der Waals surface area contributed by atoms with Crippen LogP contribution >= 0.6 is 0 Å². The van der Waals surface area contributed by atoms with E-state index in [1.807, 2.05) is 0 Å². The molecular formula is C8H17N2. The van der Waals surface area contributed by atoms with Crippen LogP contribution in [0.2, 0.25) is 0 Å². The topological polar surface area (TPSA) is 26.1 Å². The van der Waals surface area contributed by atoms with Gasteiger partial charge in [-0.1, -0.05) is 12.8 Å². The van der Waals surface area contributed by atoms with Crippen LogP contribution in [-0.2, 0) is 0 Å². The van der Waals surface area contributed by atoms with Crippen molar-refractivity contribution in [2.75, 3.05) is 26.2 Å². The summed E-state index contributed by atoms with van der Waals surface area (Å²) in [5.41, 5.74) is 0. The summed E-state index contributed by atoms with van der Waals surface area (Å²) in [5, 5.41) is 7.73. The van der Waals surface area contributed by atoms with E-state index in [4.69, 9.17) is 0 Å². The van der Waals surface area contributed by atoms with E-state index < -0.39 is 0 Å². The quantitative estimate of drug-likeness (QED) is 0.529. The zero-order chi connectivity index (χ0) is 7.07. The van der Waals surface area contributed by atoms with Gasteiger partial charge in [-0.25, -0.2) is 5.32 Å². The van der Waals surface area contributed by atoms with E-state index in [-0.39, 0.29) is 0 Å². The number of nitrogens with one attached hydrogen (secondary N) is 1. The van der Waals surface area contributed by atoms with Crippen molar-refractivity contribution < 1.29 is 0 Å². The summed E-state index contributed by atoms with van der Waals surface area (Å²) in [5.74, 6) is 0. The molecule has 0 atom stereocenters. The molecule has 1 aliphatic heterocycles. The molecule has 1 fully saturated rings. The molecule has 59 valence electrons. The average molecular weight is 141 g/mol. The Bertz CT molecular complexity index is 40.4. The smallest absolute Gasteiger partial charge is 0.0258 e. The first-order chi connectivity index (χ1) is 5.00. The summed E-state index contributed by atoms with van der Waals surface area (Å²) in [6.07, 6.45) is 5.40. The van der Waals surface area contributed by atoms with Crippen LogP contribution in [0.25, 0.3) is 0 Å². The first-order valence-electron chi connectivity index (χ1n) is 4.34. The summed E-state index contributed by atoms with van der Waals surface area (Å²) in [7, 11) is 0. The number of hydrogen-bond donors (Lipinski definition) is 1. The summed E-state index contributed by atoms with van der Waals surface area (Å²) in [4.78, 5) is 0. The lowest BCUT2D eigenvalue weighted by Gasteiger charge is -2.07. The predicted molar refractivity (Wildman–Crippen MR) is 43.2 cm³/mol. The Labute approximate surface area is 63.4 Å². The van der Waals surface area contributed by atoms with Gasteiger partial charge in [0.2, 0.25) is 0 Å². The zero-order valence-corrected chi connectivity index (χ0v) is 6.60. The average Bonchev–Trinajstić information content (AvgIpc) is 2.01. The molecule has 1 aliphatic rings. The molecular weight excluding hydrogens is 124 g/mol. The third-order valence-corrected chi connectivity index (χ3v) is 1.87. The lowest BCUT2D eigenvalue weighted by atomic mass is 10.2. The molecule has 0 spiro atoms. The number of hydrogen-bond acceptors (Lipinski definition) is 1. The van der Waals surface area contributed by atoms with Crippen molar-refractivity contribution in [3.63, 3.8) is 0 Å². The molecule has 2 heteroatoms. The number of nitrogens with zero attached hydrogens (tertiary/aromatic N) is 1. The normalized spacial score (nSPS) is 24.0. The molecule has 0 aromatic heterocycles. The fourth-order valence-corrected chi connectivity index (χ4v) is 1.22. The van der Waals surface area contributed by atoms with Crippen molar-refractivity contribution >= 4 is 0 Å². The summed E-state index contributed by atoms with van der Waals surface area (Å²) in [6, 6.07) is 0. The van der Waals surface area contributed by atoms with Crippen molar-refractivity contribution in [1.82, 2.24) is 10.6 Å². The van der Waals surface area contributed by atoms with Crippen LogP contribution in [0, 0.1) is 0 Å². The Morgan fingerprint density at radius 3 is 2.70 bits per heavy atom. The molecule has 10 heavy (non-hydrogen) atoms. The standard InChI is InChI=1S/C8H17N2/c1-2-4-6-10-8-7-9-5-3-1/h9H,1-8H2. The molecule has 0 aromatic carbocycles. The molecule has 0 amide bonds. The van der Waals surface area contributed by atoms with Gasteiger partial charge in [0.1, 0.15) is 0 Å². The van der Waals surface area contributed by atoms with E-state index in [0.29, 0.717) is 0 Å². The maximum atomic E-state index is 4.37. The van der Waals surface area contributed by atoms with Gasteiger partial charge in [-0.15, -0.1) is 0 Å². The van der Waals surface area contributed by atoms with E-state index in [2.05, 4.69) is 10.6 Å². The highest BCUT2D eigenvalue weighted by Gasteiger charge is 1.94. The second-order valence-electron chi connectivity index (χ2n) is 2.84. The Morgan fingerprint density at radius 2 is 1.70 bits per heavy atom. The van der Waals surface area contributed by atoms with Gasteiger partial charge in [0, 0.05) is 19.6 Å². The van der Waals surface area contributed by atoms with Gasteiger partial charge < -0.3 is 5.32 Å². The molecule has 1 saturated heterocycles. The van der Waals surface area contributed by atoms with Crippen molar-refractivity contribution in [2.45, 2.75) is 25.7 Å². The van der Waals surface area contributed by atoms with E-state index in [1.54, 1.807) is 0 Å². The molecule has 1 N–H and O–H groups in total. The second kappa shape index (κ2) is 5.69. The fourth-order valence-electron chi connectivity index (χ4n) is 1.22. The van der Waals surface area contributed by atoms with Crippen molar-refractivity contribution in [3.8, 4) is 0 Å². The molecule has 0 unspecified atom stereocenters. The second-order valence-corrected chi connectivity index (χ2v) is 2.84. The SMILES string of the molecule is C1CCCNCC[N]CC1. The lowest BCUT2D eigenvalue weighted by Crippen LogP contribution is -2.25. The third kappa shape index (κ3) is 3.85. The number of rotatable bonds is 0. The minimum atomic E-state index is 1.01. The van der Waals surface area contributed by atoms with Crippen LogP contribution in [0.4, 0.5) is 0 Å². The highest BCUT2D eigenvalue weighted by molar-refractivity contribution is 4.56. The minimum absolute atomic E-state index is 1.01. The third-order valence-electron chi connectivity index (χ3n) is 1.87. The highest BCUT2D eigenvalue weighted by Crippen LogP contribution is 1.98. The Hall–Kier alpha value is -0.0800. The molecule has 1 rings (SSSR count). The first kappa shape index (κ1) is 8.02.